The van der Waals surface area contributed by atoms with E-state index in [0.717, 1.165) is 6.42 Å². The van der Waals surface area contributed by atoms with Crippen LogP contribution in [0.2, 0.25) is 5.02 Å². The highest BCUT2D eigenvalue weighted by molar-refractivity contribution is 6.39. The number of ether oxygens (including phenoxy) is 2. The molecule has 0 aliphatic heterocycles. The van der Waals surface area contributed by atoms with Gasteiger partial charge in [-0.3, -0.25) is 14.4 Å². The van der Waals surface area contributed by atoms with Crippen molar-refractivity contribution in [3.8, 4) is 11.5 Å². The molecule has 186 valence electrons. The summed E-state index contributed by atoms with van der Waals surface area (Å²) in [6.45, 7) is 1.80. The zero-order valence-corrected chi connectivity index (χ0v) is 20.5. The Morgan fingerprint density at radius 1 is 0.944 bits per heavy atom. The first-order valence-electron chi connectivity index (χ1n) is 11.0. The van der Waals surface area contributed by atoms with Gasteiger partial charge in [-0.05, 0) is 54.4 Å². The summed E-state index contributed by atoms with van der Waals surface area (Å²) in [5.41, 5.74) is 4.76. The van der Waals surface area contributed by atoms with E-state index >= 15 is 0 Å². The minimum Gasteiger partial charge on any atom is -0.497 e. The van der Waals surface area contributed by atoms with Crippen molar-refractivity contribution in [1.82, 2.24) is 5.43 Å². The molecule has 0 aliphatic carbocycles. The van der Waals surface area contributed by atoms with E-state index in [4.69, 9.17) is 21.1 Å². The Labute approximate surface area is 213 Å². The quantitative estimate of drug-likeness (QED) is 0.229. The van der Waals surface area contributed by atoms with Crippen LogP contribution >= 0.6 is 11.6 Å². The van der Waals surface area contributed by atoms with Gasteiger partial charge in [-0.2, -0.15) is 5.10 Å². The fourth-order valence-corrected chi connectivity index (χ4v) is 3.20. The summed E-state index contributed by atoms with van der Waals surface area (Å²) in [5, 5.41) is 9.40. The zero-order valence-electron chi connectivity index (χ0n) is 19.7. The van der Waals surface area contributed by atoms with E-state index in [1.54, 1.807) is 42.5 Å². The summed E-state index contributed by atoms with van der Waals surface area (Å²) in [7, 11) is 1.49. The average molecular weight is 509 g/mol. The molecule has 3 aromatic carbocycles. The van der Waals surface area contributed by atoms with Crippen LogP contribution in [0.15, 0.2) is 71.8 Å². The minimum atomic E-state index is -0.980. The predicted octanol–water partition coefficient (Wildman–Crippen LogP) is 4.02. The number of amides is 3. The smallest absolute Gasteiger partial charge is 0.329 e. The first-order valence-corrected chi connectivity index (χ1v) is 11.3. The summed E-state index contributed by atoms with van der Waals surface area (Å²) in [5.74, 6) is -1.39. The topological polar surface area (TPSA) is 118 Å². The van der Waals surface area contributed by atoms with Crippen LogP contribution in [-0.4, -0.2) is 37.7 Å². The summed E-state index contributed by atoms with van der Waals surface area (Å²) in [6, 6.07) is 18.8. The lowest BCUT2D eigenvalue weighted by Gasteiger charge is -2.10. The molecule has 9 nitrogen and oxygen atoms in total. The molecule has 36 heavy (non-hydrogen) atoms. The molecule has 0 saturated heterocycles. The third kappa shape index (κ3) is 7.85. The van der Waals surface area contributed by atoms with Crippen molar-refractivity contribution >= 4 is 46.9 Å². The van der Waals surface area contributed by atoms with Gasteiger partial charge in [0.15, 0.2) is 6.61 Å². The number of benzene rings is 3. The number of aryl methyl sites for hydroxylation is 1. The van der Waals surface area contributed by atoms with Gasteiger partial charge in [-0.25, -0.2) is 5.43 Å². The maximum Gasteiger partial charge on any atom is 0.329 e. The van der Waals surface area contributed by atoms with Gasteiger partial charge in [0, 0.05) is 28.0 Å². The molecule has 3 N–H and O–H groups in total. The van der Waals surface area contributed by atoms with Crippen molar-refractivity contribution in [2.45, 2.75) is 13.3 Å². The molecule has 0 spiro atoms. The molecule has 0 saturated carbocycles. The van der Waals surface area contributed by atoms with Crippen LogP contribution in [0.4, 0.5) is 11.4 Å². The highest BCUT2D eigenvalue weighted by Gasteiger charge is 2.13. The molecule has 3 aromatic rings. The Morgan fingerprint density at radius 3 is 2.44 bits per heavy atom. The Bertz CT molecular complexity index is 1260. The number of halogens is 1. The predicted molar refractivity (Wildman–Crippen MR) is 139 cm³/mol. The molecule has 0 fully saturated rings. The van der Waals surface area contributed by atoms with E-state index in [1.807, 2.05) is 24.3 Å². The number of nitrogens with one attached hydrogen (secondary N) is 3. The lowest BCUT2D eigenvalue weighted by atomic mass is 10.1. The second-order valence-corrected chi connectivity index (χ2v) is 7.89. The number of hydrogen-bond donors (Lipinski definition) is 3. The van der Waals surface area contributed by atoms with Gasteiger partial charge >= 0.3 is 11.8 Å². The van der Waals surface area contributed by atoms with Crippen LogP contribution in [0, 0.1) is 0 Å². The lowest BCUT2D eigenvalue weighted by Crippen LogP contribution is -2.32. The van der Waals surface area contributed by atoms with Gasteiger partial charge in [0.2, 0.25) is 0 Å². The molecule has 0 aromatic heterocycles. The standard InChI is InChI=1S/C26H25ClN4O5/c1-3-17-7-10-20(11-8-17)29-24(32)16-36-23-12-9-19(27)13-18(23)15-28-31-26(34)25(33)30-21-5-4-6-22(14-21)35-2/h4-15H,3,16H2,1-2H3,(H,29,32)(H,30,33)(H,31,34)/b28-15-. The Balaban J connectivity index is 1.56. The third-order valence-electron chi connectivity index (χ3n) is 4.88. The molecule has 0 aliphatic rings. The van der Waals surface area contributed by atoms with E-state index < -0.39 is 11.8 Å². The fourth-order valence-electron chi connectivity index (χ4n) is 3.02. The molecular formula is C26H25ClN4O5. The summed E-state index contributed by atoms with van der Waals surface area (Å²) >= 11 is 6.06. The van der Waals surface area contributed by atoms with Gasteiger partial charge in [-0.1, -0.05) is 36.7 Å². The Hall–Kier alpha value is -4.37. The van der Waals surface area contributed by atoms with Gasteiger partial charge in [0.1, 0.15) is 11.5 Å². The highest BCUT2D eigenvalue weighted by Crippen LogP contribution is 2.22. The number of carbonyl (C=O) groups is 3. The average Bonchev–Trinajstić information content (AvgIpc) is 2.88. The van der Waals surface area contributed by atoms with Crippen LogP contribution < -0.4 is 25.5 Å². The van der Waals surface area contributed by atoms with Crippen LogP contribution in [-0.2, 0) is 20.8 Å². The molecule has 0 radical (unpaired) electrons. The normalized spacial score (nSPS) is 10.5. The van der Waals surface area contributed by atoms with E-state index in [2.05, 4.69) is 28.1 Å². The van der Waals surface area contributed by atoms with E-state index in [-0.39, 0.29) is 12.5 Å². The van der Waals surface area contributed by atoms with Crippen LogP contribution in [0.1, 0.15) is 18.1 Å². The van der Waals surface area contributed by atoms with Crippen molar-refractivity contribution in [1.29, 1.82) is 0 Å². The van der Waals surface area contributed by atoms with Crippen molar-refractivity contribution in [3.63, 3.8) is 0 Å². The molecule has 0 bridgehead atoms. The zero-order chi connectivity index (χ0) is 25.9. The van der Waals surface area contributed by atoms with Gasteiger partial charge in [0.05, 0.1) is 13.3 Å². The molecular weight excluding hydrogens is 484 g/mol. The van der Waals surface area contributed by atoms with E-state index in [0.29, 0.717) is 33.5 Å². The molecule has 0 unspecified atom stereocenters. The van der Waals surface area contributed by atoms with Crippen LogP contribution in [0.3, 0.4) is 0 Å². The van der Waals surface area contributed by atoms with Gasteiger partial charge in [-0.15, -0.1) is 0 Å². The number of methoxy groups -OCH3 is 1. The SMILES string of the molecule is CCc1ccc(NC(=O)COc2ccc(Cl)cc2/C=N\NC(=O)C(=O)Nc2cccc(OC)c2)cc1. The number of anilines is 2. The van der Waals surface area contributed by atoms with Crippen LogP contribution in [0.25, 0.3) is 0 Å². The molecule has 3 rings (SSSR count). The van der Waals surface area contributed by atoms with E-state index in [1.165, 1.54) is 18.9 Å². The summed E-state index contributed by atoms with van der Waals surface area (Å²) in [6.07, 6.45) is 2.17. The van der Waals surface area contributed by atoms with Gasteiger partial charge < -0.3 is 20.1 Å². The lowest BCUT2D eigenvalue weighted by molar-refractivity contribution is -0.136. The number of rotatable bonds is 9. The molecule has 0 atom stereocenters. The number of hydrazone groups is 1. The minimum absolute atomic E-state index is 0.257. The van der Waals surface area contributed by atoms with Crippen molar-refractivity contribution in [2.75, 3.05) is 24.4 Å². The highest BCUT2D eigenvalue weighted by atomic mass is 35.5. The number of carbonyl (C=O) groups excluding carboxylic acids is 3. The molecule has 10 heteroatoms. The second-order valence-electron chi connectivity index (χ2n) is 7.45. The number of nitrogens with zero attached hydrogens (tertiary/aromatic N) is 1. The first kappa shape index (κ1) is 26.2. The summed E-state index contributed by atoms with van der Waals surface area (Å²) in [4.78, 5) is 36.5. The van der Waals surface area contributed by atoms with Gasteiger partial charge in [0.25, 0.3) is 5.91 Å². The largest absolute Gasteiger partial charge is 0.497 e. The van der Waals surface area contributed by atoms with Crippen molar-refractivity contribution in [3.05, 3.63) is 82.9 Å². The molecule has 0 heterocycles. The molecule has 3 amide bonds. The third-order valence-corrected chi connectivity index (χ3v) is 5.12. The maximum atomic E-state index is 12.3. The first-order chi connectivity index (χ1) is 17.4. The second kappa shape index (κ2) is 12.9. The fraction of sp³-hybridized carbons (Fsp3) is 0.154. The van der Waals surface area contributed by atoms with Crippen molar-refractivity contribution < 1.29 is 23.9 Å². The number of hydrogen-bond acceptors (Lipinski definition) is 6. The summed E-state index contributed by atoms with van der Waals surface area (Å²) < 4.78 is 10.7. The van der Waals surface area contributed by atoms with E-state index in [9.17, 15) is 14.4 Å². The Kier molecular flexibility index (Phi) is 9.41. The van der Waals surface area contributed by atoms with Crippen LogP contribution in [0.5, 0.6) is 11.5 Å². The Morgan fingerprint density at radius 2 is 1.72 bits per heavy atom. The van der Waals surface area contributed by atoms with Crippen molar-refractivity contribution in [2.24, 2.45) is 5.10 Å². The monoisotopic (exact) mass is 508 g/mol. The maximum absolute atomic E-state index is 12.3.